The van der Waals surface area contributed by atoms with Gasteiger partial charge >= 0.3 is 8.80 Å². The van der Waals surface area contributed by atoms with Gasteiger partial charge in [-0.25, -0.2) is 0 Å². The molecule has 0 radical (unpaired) electrons. The quantitative estimate of drug-likeness (QED) is 0.317. The van der Waals surface area contributed by atoms with E-state index in [0.29, 0.717) is 0 Å². The molecule has 1 rings (SSSR count). The van der Waals surface area contributed by atoms with Gasteiger partial charge in [-0.1, -0.05) is 36.9 Å². The van der Waals surface area contributed by atoms with Gasteiger partial charge in [-0.3, -0.25) is 0 Å². The third-order valence-electron chi connectivity index (χ3n) is 3.11. The molecule has 1 aromatic carbocycles. The Morgan fingerprint density at radius 1 is 0.769 bits per heavy atom. The van der Waals surface area contributed by atoms with E-state index in [1.54, 1.807) is 0 Å². The van der Waals surface area contributed by atoms with E-state index in [2.05, 4.69) is 65.5 Å². The third kappa shape index (κ3) is 7.93. The summed E-state index contributed by atoms with van der Waals surface area (Å²) in [4.78, 5) is 0. The Hall–Kier alpha value is -0.00247. The second kappa shape index (κ2) is 8.56. The summed E-state index contributed by atoms with van der Waals surface area (Å²) in [6.07, 6.45) is 0. The van der Waals surface area contributed by atoms with Crippen molar-refractivity contribution in [3.8, 4) is 0 Å². The molecular formula is C18H35ClO3Si4. The van der Waals surface area contributed by atoms with Gasteiger partial charge in [0.2, 0.25) is 0 Å². The first-order valence-corrected chi connectivity index (χ1v) is 21.4. The van der Waals surface area contributed by atoms with Gasteiger partial charge in [0.25, 0.3) is 0 Å². The van der Waals surface area contributed by atoms with Gasteiger partial charge in [0, 0.05) is 5.20 Å². The van der Waals surface area contributed by atoms with Crippen molar-refractivity contribution in [3.63, 3.8) is 0 Å². The van der Waals surface area contributed by atoms with Crippen LogP contribution in [0.1, 0.15) is 10.9 Å². The van der Waals surface area contributed by atoms with Crippen LogP contribution in [0.3, 0.4) is 0 Å². The van der Waals surface area contributed by atoms with Crippen molar-refractivity contribution in [1.82, 2.24) is 0 Å². The summed E-state index contributed by atoms with van der Waals surface area (Å²) in [6.45, 7) is 23.8. The lowest BCUT2D eigenvalue weighted by atomic mass is 10.1. The number of alkyl halides is 1. The number of hydrogen-bond acceptors (Lipinski definition) is 3. The zero-order valence-corrected chi connectivity index (χ0v) is 22.5. The number of allylic oxidation sites excluding steroid dienone is 1. The minimum absolute atomic E-state index is 0.396. The highest BCUT2D eigenvalue weighted by molar-refractivity contribution is 6.93. The lowest BCUT2D eigenvalue weighted by molar-refractivity contribution is 0.264. The molecule has 0 saturated carbocycles. The van der Waals surface area contributed by atoms with Crippen molar-refractivity contribution in [2.24, 2.45) is 0 Å². The van der Waals surface area contributed by atoms with E-state index in [1.807, 2.05) is 30.3 Å². The van der Waals surface area contributed by atoms with Gasteiger partial charge in [-0.15, -0.1) is 11.6 Å². The van der Waals surface area contributed by atoms with E-state index >= 15 is 0 Å². The van der Waals surface area contributed by atoms with Crippen molar-refractivity contribution in [3.05, 3.63) is 47.7 Å². The summed E-state index contributed by atoms with van der Waals surface area (Å²) >= 11 is 6.87. The average Bonchev–Trinajstić information content (AvgIpc) is 2.41. The van der Waals surface area contributed by atoms with Gasteiger partial charge in [-0.2, -0.15) is 0 Å². The van der Waals surface area contributed by atoms with Gasteiger partial charge in [0.15, 0.2) is 25.0 Å². The summed E-state index contributed by atoms with van der Waals surface area (Å²) < 4.78 is 20.1. The van der Waals surface area contributed by atoms with E-state index < -0.39 is 39.1 Å². The lowest BCUT2D eigenvalue weighted by Crippen LogP contribution is -2.62. The minimum atomic E-state index is -3.19. The maximum absolute atomic E-state index is 6.87. The monoisotopic (exact) mass is 446 g/mol. The maximum Gasteiger partial charge on any atom is 0.502 e. The van der Waals surface area contributed by atoms with Crippen molar-refractivity contribution < 1.29 is 12.3 Å². The molecule has 0 bridgehead atoms. The number of benzene rings is 1. The third-order valence-corrected chi connectivity index (χ3v) is 15.5. The van der Waals surface area contributed by atoms with Crippen molar-refractivity contribution >= 4 is 45.4 Å². The molecule has 0 aliphatic rings. The fourth-order valence-electron chi connectivity index (χ4n) is 2.45. The molecule has 0 aromatic heterocycles. The summed E-state index contributed by atoms with van der Waals surface area (Å²) in [7, 11) is -9.09. The Labute approximate surface area is 169 Å². The second-order valence-corrected chi connectivity index (χ2v) is 26.8. The van der Waals surface area contributed by atoms with Crippen LogP contribution in [0.4, 0.5) is 0 Å². The highest BCUT2D eigenvalue weighted by Crippen LogP contribution is 2.39. The first-order chi connectivity index (χ1) is 11.5. The van der Waals surface area contributed by atoms with Crippen LogP contribution in [0.15, 0.2) is 42.1 Å². The molecule has 1 atom stereocenters. The van der Waals surface area contributed by atoms with Crippen molar-refractivity contribution in [2.75, 3.05) is 0 Å². The van der Waals surface area contributed by atoms with Crippen LogP contribution in [0.25, 0.3) is 0 Å². The molecule has 3 nitrogen and oxygen atoms in total. The molecule has 0 saturated heterocycles. The predicted molar refractivity (Wildman–Crippen MR) is 123 cm³/mol. The van der Waals surface area contributed by atoms with E-state index in [9.17, 15) is 0 Å². The topological polar surface area (TPSA) is 27.7 Å². The Morgan fingerprint density at radius 3 is 1.42 bits per heavy atom. The Bertz CT molecular complexity index is 563. The SMILES string of the molecule is C=C(C(Cl)c1ccccc1)[Si](O[Si](C)(C)C)(O[Si](C)(C)C)O[Si](C)(C)C. The van der Waals surface area contributed by atoms with Crippen LogP contribution in [0.5, 0.6) is 0 Å². The summed E-state index contributed by atoms with van der Waals surface area (Å²) in [5.74, 6) is 0. The van der Waals surface area contributed by atoms with E-state index in [0.717, 1.165) is 10.8 Å². The molecule has 0 spiro atoms. The molecule has 0 fully saturated rings. The number of hydrogen-bond donors (Lipinski definition) is 0. The van der Waals surface area contributed by atoms with Crippen LogP contribution >= 0.6 is 11.6 Å². The van der Waals surface area contributed by atoms with Crippen molar-refractivity contribution in [1.29, 1.82) is 0 Å². The molecular weight excluding hydrogens is 412 g/mol. The number of rotatable bonds is 9. The fourth-order valence-corrected chi connectivity index (χ4v) is 16.3. The molecule has 1 unspecified atom stereocenters. The second-order valence-electron chi connectivity index (χ2n) is 9.50. The molecule has 26 heavy (non-hydrogen) atoms. The summed E-state index contributed by atoms with van der Waals surface area (Å²) in [5.41, 5.74) is 0.994. The first kappa shape index (κ1) is 24.0. The summed E-state index contributed by atoms with van der Waals surface area (Å²) in [6, 6.07) is 9.98. The normalized spacial score (nSPS) is 15.0. The molecule has 8 heteroatoms. The van der Waals surface area contributed by atoms with Crippen LogP contribution in [0.2, 0.25) is 58.9 Å². The van der Waals surface area contributed by atoms with Crippen LogP contribution in [0, 0.1) is 0 Å². The zero-order valence-electron chi connectivity index (χ0n) is 17.8. The molecule has 148 valence electrons. The maximum atomic E-state index is 6.87. The predicted octanol–water partition coefficient (Wildman–Crippen LogP) is 6.56. The molecule has 0 amide bonds. The van der Waals surface area contributed by atoms with Gasteiger partial charge in [-0.05, 0) is 64.5 Å². The molecule has 0 aliphatic heterocycles. The Kier molecular flexibility index (Phi) is 7.92. The minimum Gasteiger partial charge on any atom is -0.414 e. The fraction of sp³-hybridized carbons (Fsp3) is 0.556. The smallest absolute Gasteiger partial charge is 0.414 e. The Morgan fingerprint density at radius 2 is 1.12 bits per heavy atom. The number of halogens is 1. The van der Waals surface area contributed by atoms with Gasteiger partial charge in [0.1, 0.15) is 0 Å². The Balaban J connectivity index is 3.45. The van der Waals surface area contributed by atoms with Gasteiger partial charge < -0.3 is 12.3 Å². The largest absolute Gasteiger partial charge is 0.502 e. The molecule has 1 aromatic rings. The van der Waals surface area contributed by atoms with Crippen LogP contribution in [-0.2, 0) is 12.3 Å². The van der Waals surface area contributed by atoms with E-state index in [1.165, 1.54) is 0 Å². The first-order valence-electron chi connectivity index (χ1n) is 9.03. The standard InChI is InChI=1S/C18H35ClO3Si4/c1-16(18(19)17-14-12-11-13-15-17)26(20-23(2,3)4,21-24(5,6)7)22-25(8,9)10/h11-15,18H,1H2,2-10H3. The molecule has 0 N–H and O–H groups in total. The van der Waals surface area contributed by atoms with Crippen molar-refractivity contribution in [2.45, 2.75) is 64.3 Å². The van der Waals surface area contributed by atoms with Gasteiger partial charge in [0.05, 0.1) is 5.38 Å². The lowest BCUT2D eigenvalue weighted by Gasteiger charge is -2.44. The summed E-state index contributed by atoms with van der Waals surface area (Å²) in [5, 5.41) is 0.365. The van der Waals surface area contributed by atoms with E-state index in [4.69, 9.17) is 23.9 Å². The van der Waals surface area contributed by atoms with Crippen LogP contribution < -0.4 is 0 Å². The molecule has 0 aliphatic carbocycles. The molecule has 0 heterocycles. The van der Waals surface area contributed by atoms with E-state index in [-0.39, 0.29) is 0 Å². The van der Waals surface area contributed by atoms with Crippen LogP contribution in [-0.4, -0.2) is 33.8 Å². The highest BCUT2D eigenvalue weighted by Gasteiger charge is 2.54. The highest BCUT2D eigenvalue weighted by atomic mass is 35.5. The average molecular weight is 447 g/mol. The zero-order chi connectivity index (χ0) is 20.4.